The van der Waals surface area contributed by atoms with Gasteiger partial charge in [0.2, 0.25) is 10.0 Å². The molecule has 0 saturated carbocycles. The Kier molecular flexibility index (Phi) is 7.03. The second-order valence-corrected chi connectivity index (χ2v) is 9.25. The van der Waals surface area contributed by atoms with Gasteiger partial charge in [0.15, 0.2) is 11.1 Å². The predicted octanol–water partition coefficient (Wildman–Crippen LogP) is 0.546. The Morgan fingerprint density at radius 3 is 2.60 bits per heavy atom. The molecule has 0 amide bonds. The van der Waals surface area contributed by atoms with Gasteiger partial charge in [-0.15, -0.1) is 11.3 Å². The zero-order valence-electron chi connectivity index (χ0n) is 15.3. The summed E-state index contributed by atoms with van der Waals surface area (Å²) in [5.74, 6) is 1.20. The zero-order valence-corrected chi connectivity index (χ0v) is 17.0. The molecule has 2 N–H and O–H groups in total. The van der Waals surface area contributed by atoms with E-state index in [9.17, 15) is 8.42 Å². The number of hydrogen-bond acceptors (Lipinski definition) is 6. The highest BCUT2D eigenvalue weighted by molar-refractivity contribution is 7.88. The largest absolute Gasteiger partial charge is 0.356 e. The van der Waals surface area contributed by atoms with Crippen LogP contribution in [0.2, 0.25) is 0 Å². The van der Waals surface area contributed by atoms with Gasteiger partial charge in [-0.2, -0.15) is 0 Å². The number of thiazole rings is 1. The Morgan fingerprint density at radius 2 is 2.08 bits per heavy atom. The van der Waals surface area contributed by atoms with Crippen LogP contribution in [0.4, 0.5) is 5.13 Å². The van der Waals surface area contributed by atoms with Crippen LogP contribution in [0.5, 0.6) is 0 Å². The predicted molar refractivity (Wildman–Crippen MR) is 104 cm³/mol. The van der Waals surface area contributed by atoms with Crippen molar-refractivity contribution in [2.75, 3.05) is 51.9 Å². The average Bonchev–Trinajstić information content (AvgIpc) is 3.04. The third-order valence-electron chi connectivity index (χ3n) is 4.18. The SMILES string of the molecule is CN=C(NCc1csc(N(C)C)n1)NCC1CCN(S(C)(=O)=O)CC1. The van der Waals surface area contributed by atoms with E-state index >= 15 is 0 Å². The van der Waals surface area contributed by atoms with Crippen molar-refractivity contribution in [3.63, 3.8) is 0 Å². The molecule has 0 unspecified atom stereocenters. The average molecular weight is 389 g/mol. The van der Waals surface area contributed by atoms with Crippen molar-refractivity contribution in [1.82, 2.24) is 19.9 Å². The zero-order chi connectivity index (χ0) is 18.4. The molecule has 0 bridgehead atoms. The normalized spacial score (nSPS) is 17.5. The van der Waals surface area contributed by atoms with Crippen LogP contribution in [0.15, 0.2) is 10.4 Å². The van der Waals surface area contributed by atoms with E-state index in [0.29, 0.717) is 25.6 Å². The lowest BCUT2D eigenvalue weighted by molar-refractivity contribution is 0.275. The topological polar surface area (TPSA) is 89.9 Å². The van der Waals surface area contributed by atoms with Gasteiger partial charge in [-0.1, -0.05) is 0 Å². The first-order valence-electron chi connectivity index (χ1n) is 8.31. The van der Waals surface area contributed by atoms with E-state index in [1.807, 2.05) is 24.4 Å². The van der Waals surface area contributed by atoms with Crippen molar-refractivity contribution in [3.8, 4) is 0 Å². The van der Waals surface area contributed by atoms with Gasteiger partial charge in [0.05, 0.1) is 18.5 Å². The molecular formula is C15H28N6O2S2. The minimum Gasteiger partial charge on any atom is -0.356 e. The molecule has 1 aromatic heterocycles. The fourth-order valence-electron chi connectivity index (χ4n) is 2.66. The fraction of sp³-hybridized carbons (Fsp3) is 0.733. The number of anilines is 1. The number of hydrogen-bond donors (Lipinski definition) is 2. The number of rotatable bonds is 6. The summed E-state index contributed by atoms with van der Waals surface area (Å²) in [5, 5.41) is 9.62. The minimum absolute atomic E-state index is 0.455. The fourth-order valence-corrected chi connectivity index (χ4v) is 4.30. The number of aliphatic imine (C=N–C) groups is 1. The Labute approximate surface area is 154 Å². The van der Waals surface area contributed by atoms with Crippen LogP contribution < -0.4 is 15.5 Å². The van der Waals surface area contributed by atoms with Gasteiger partial charge < -0.3 is 15.5 Å². The number of piperidine rings is 1. The maximum Gasteiger partial charge on any atom is 0.211 e. The van der Waals surface area contributed by atoms with Crippen molar-refractivity contribution >= 4 is 32.5 Å². The van der Waals surface area contributed by atoms with Gasteiger partial charge in [-0.05, 0) is 18.8 Å². The van der Waals surface area contributed by atoms with Crippen molar-refractivity contribution in [1.29, 1.82) is 0 Å². The second kappa shape index (κ2) is 8.81. The molecule has 1 aliphatic rings. The first kappa shape index (κ1) is 19.9. The molecule has 0 radical (unpaired) electrons. The Balaban J connectivity index is 1.73. The lowest BCUT2D eigenvalue weighted by Crippen LogP contribution is -2.43. The summed E-state index contributed by atoms with van der Waals surface area (Å²) in [6, 6.07) is 0. The lowest BCUT2D eigenvalue weighted by Gasteiger charge is -2.30. The summed E-state index contributed by atoms with van der Waals surface area (Å²) in [4.78, 5) is 10.8. The molecule has 0 spiro atoms. The third-order valence-corrected chi connectivity index (χ3v) is 6.54. The minimum atomic E-state index is -3.06. The Morgan fingerprint density at radius 1 is 1.40 bits per heavy atom. The Hall–Kier alpha value is -1.39. The maximum atomic E-state index is 11.5. The van der Waals surface area contributed by atoms with Crippen LogP contribution in [0.1, 0.15) is 18.5 Å². The van der Waals surface area contributed by atoms with Crippen molar-refractivity contribution in [2.45, 2.75) is 19.4 Å². The highest BCUT2D eigenvalue weighted by Gasteiger charge is 2.24. The van der Waals surface area contributed by atoms with Crippen LogP contribution in [0.25, 0.3) is 0 Å². The molecule has 10 heteroatoms. The van der Waals surface area contributed by atoms with Gasteiger partial charge >= 0.3 is 0 Å². The monoisotopic (exact) mass is 388 g/mol. The molecule has 2 rings (SSSR count). The van der Waals surface area contributed by atoms with Crippen molar-refractivity contribution < 1.29 is 8.42 Å². The summed E-state index contributed by atoms with van der Waals surface area (Å²) in [7, 11) is 2.64. The first-order chi connectivity index (χ1) is 11.8. The molecule has 1 fully saturated rings. The summed E-state index contributed by atoms with van der Waals surface area (Å²) >= 11 is 1.62. The van der Waals surface area contributed by atoms with E-state index in [1.165, 1.54) is 6.26 Å². The van der Waals surface area contributed by atoms with Gasteiger partial charge in [0.1, 0.15) is 0 Å². The van der Waals surface area contributed by atoms with E-state index < -0.39 is 10.0 Å². The molecule has 25 heavy (non-hydrogen) atoms. The number of sulfonamides is 1. The molecule has 0 aromatic carbocycles. The van der Waals surface area contributed by atoms with Crippen LogP contribution in [-0.2, 0) is 16.6 Å². The highest BCUT2D eigenvalue weighted by Crippen LogP contribution is 2.19. The number of nitrogens with one attached hydrogen (secondary N) is 2. The van der Waals surface area contributed by atoms with E-state index in [2.05, 4.69) is 20.6 Å². The number of nitrogens with zero attached hydrogens (tertiary/aromatic N) is 4. The van der Waals surface area contributed by atoms with Gasteiger partial charge in [-0.25, -0.2) is 17.7 Å². The molecule has 0 aliphatic carbocycles. The van der Waals surface area contributed by atoms with E-state index in [1.54, 1.807) is 22.7 Å². The van der Waals surface area contributed by atoms with E-state index in [-0.39, 0.29) is 0 Å². The smallest absolute Gasteiger partial charge is 0.211 e. The Bertz CT molecular complexity index is 678. The molecule has 1 aromatic rings. The van der Waals surface area contributed by atoms with E-state index in [4.69, 9.17) is 0 Å². The summed E-state index contributed by atoms with van der Waals surface area (Å²) in [6.07, 6.45) is 3.02. The number of aromatic nitrogens is 1. The van der Waals surface area contributed by atoms with Crippen LogP contribution in [-0.4, -0.2) is 70.7 Å². The third kappa shape index (κ3) is 6.12. The quantitative estimate of drug-likeness (QED) is 0.546. The second-order valence-electron chi connectivity index (χ2n) is 6.43. The van der Waals surface area contributed by atoms with Gasteiger partial charge in [0.25, 0.3) is 0 Å². The van der Waals surface area contributed by atoms with Crippen molar-refractivity contribution in [3.05, 3.63) is 11.1 Å². The van der Waals surface area contributed by atoms with Crippen molar-refractivity contribution in [2.24, 2.45) is 10.9 Å². The molecule has 8 nitrogen and oxygen atoms in total. The highest BCUT2D eigenvalue weighted by atomic mass is 32.2. The number of guanidine groups is 1. The molecule has 1 saturated heterocycles. The molecule has 1 aliphatic heterocycles. The van der Waals surface area contributed by atoms with Crippen LogP contribution >= 0.6 is 11.3 Å². The van der Waals surface area contributed by atoms with Gasteiger partial charge in [-0.3, -0.25) is 4.99 Å². The van der Waals surface area contributed by atoms with Crippen LogP contribution in [0.3, 0.4) is 0 Å². The van der Waals surface area contributed by atoms with Gasteiger partial charge in [0, 0.05) is 46.2 Å². The van der Waals surface area contributed by atoms with E-state index in [0.717, 1.165) is 36.2 Å². The molecule has 2 heterocycles. The van der Waals surface area contributed by atoms with Crippen LogP contribution in [0, 0.1) is 5.92 Å². The summed E-state index contributed by atoms with van der Waals surface area (Å²) in [5.41, 5.74) is 0.984. The molecule has 0 atom stereocenters. The maximum absolute atomic E-state index is 11.5. The molecular weight excluding hydrogens is 360 g/mol. The molecule has 142 valence electrons. The lowest BCUT2D eigenvalue weighted by atomic mass is 9.98. The first-order valence-corrected chi connectivity index (χ1v) is 11.0. The standard InChI is InChI=1S/C15H28N6O2S2/c1-16-14(18-10-13-11-24-15(19-13)20(2)3)17-9-12-5-7-21(8-6-12)25(4,22)23/h11-12H,5-10H2,1-4H3,(H2,16,17,18). The summed E-state index contributed by atoms with van der Waals surface area (Å²) in [6.45, 7) is 2.61. The summed E-state index contributed by atoms with van der Waals surface area (Å²) < 4.78 is 24.6.